The van der Waals surface area contributed by atoms with E-state index in [1.165, 1.54) is 4.40 Å². The number of nitrogens with zero attached hydrogens (tertiary/aromatic N) is 3. The van der Waals surface area contributed by atoms with Gasteiger partial charge in [0.2, 0.25) is 0 Å². The number of aliphatic carboxylic acids is 1. The predicted molar refractivity (Wildman–Crippen MR) is 61.3 cm³/mol. The fourth-order valence-corrected chi connectivity index (χ4v) is 2.18. The fraction of sp³-hybridized carbons (Fsp3) is 0.333. The summed E-state index contributed by atoms with van der Waals surface area (Å²) < 4.78 is 1.33. The van der Waals surface area contributed by atoms with Crippen molar-refractivity contribution < 1.29 is 9.90 Å². The zero-order valence-electron chi connectivity index (χ0n) is 9.17. The second-order valence-corrected chi connectivity index (χ2v) is 4.82. The van der Waals surface area contributed by atoms with Gasteiger partial charge >= 0.3 is 11.7 Å². The Kier molecular flexibility index (Phi) is 2.88. The molecule has 0 aromatic carbocycles. The van der Waals surface area contributed by atoms with Gasteiger partial charge < -0.3 is 5.11 Å². The highest BCUT2D eigenvalue weighted by molar-refractivity contribution is 8.00. The van der Waals surface area contributed by atoms with Crippen molar-refractivity contribution in [3.63, 3.8) is 0 Å². The van der Waals surface area contributed by atoms with Crippen LogP contribution in [0.3, 0.4) is 0 Å². The van der Waals surface area contributed by atoms with Crippen LogP contribution in [-0.4, -0.2) is 35.9 Å². The molecule has 2 aromatic heterocycles. The molecule has 2 N–H and O–H groups in total. The molecule has 17 heavy (non-hydrogen) atoms. The highest BCUT2D eigenvalue weighted by atomic mass is 32.2. The summed E-state index contributed by atoms with van der Waals surface area (Å²) in [5.41, 5.74) is 0.0791. The quantitative estimate of drug-likeness (QED) is 0.603. The third-order valence-electron chi connectivity index (χ3n) is 2.19. The summed E-state index contributed by atoms with van der Waals surface area (Å²) in [5, 5.41) is 14.9. The number of rotatable bonds is 3. The molecule has 1 unspecified atom stereocenters. The average molecular weight is 254 g/mol. The van der Waals surface area contributed by atoms with E-state index in [0.29, 0.717) is 16.5 Å². The lowest BCUT2D eigenvalue weighted by atomic mass is 10.5. The van der Waals surface area contributed by atoms with Crippen molar-refractivity contribution in [2.45, 2.75) is 24.1 Å². The largest absolute Gasteiger partial charge is 0.480 e. The first kappa shape index (κ1) is 11.6. The first-order chi connectivity index (χ1) is 7.99. The van der Waals surface area contributed by atoms with Gasteiger partial charge in [0.1, 0.15) is 16.1 Å². The molecule has 8 heteroatoms. The Morgan fingerprint density at radius 1 is 1.65 bits per heavy atom. The van der Waals surface area contributed by atoms with E-state index in [2.05, 4.69) is 15.2 Å². The molecule has 1 atom stereocenters. The van der Waals surface area contributed by atoms with E-state index in [-0.39, 0.29) is 5.69 Å². The Bertz CT molecular complexity index is 633. The maximum absolute atomic E-state index is 11.3. The number of carbonyl (C=O) groups is 1. The predicted octanol–water partition coefficient (Wildman–Crippen LogP) is 0.291. The van der Waals surface area contributed by atoms with Crippen LogP contribution in [0.5, 0.6) is 0 Å². The molecule has 0 aliphatic heterocycles. The van der Waals surface area contributed by atoms with Crippen LogP contribution >= 0.6 is 11.8 Å². The molecule has 0 fully saturated rings. The summed E-state index contributed by atoms with van der Waals surface area (Å²) in [6.45, 7) is 3.24. The Morgan fingerprint density at radius 3 is 3.00 bits per heavy atom. The van der Waals surface area contributed by atoms with Crippen molar-refractivity contribution in [1.29, 1.82) is 0 Å². The van der Waals surface area contributed by atoms with Crippen molar-refractivity contribution in [3.05, 3.63) is 22.4 Å². The second kappa shape index (κ2) is 4.21. The van der Waals surface area contributed by atoms with E-state index in [1.807, 2.05) is 0 Å². The first-order valence-corrected chi connectivity index (χ1v) is 5.71. The van der Waals surface area contributed by atoms with Gasteiger partial charge in [0.25, 0.3) is 0 Å². The van der Waals surface area contributed by atoms with Crippen LogP contribution in [-0.2, 0) is 4.79 Å². The minimum absolute atomic E-state index is 0.354. The van der Waals surface area contributed by atoms with Crippen molar-refractivity contribution in [2.75, 3.05) is 0 Å². The molecule has 0 radical (unpaired) electrons. The highest BCUT2D eigenvalue weighted by Gasteiger charge is 2.15. The number of nitrogens with one attached hydrogen (secondary N) is 1. The van der Waals surface area contributed by atoms with Gasteiger partial charge in [-0.05, 0) is 13.8 Å². The molecule has 0 amide bonds. The fourth-order valence-electron chi connectivity index (χ4n) is 1.36. The third-order valence-corrected chi connectivity index (χ3v) is 3.20. The zero-order chi connectivity index (χ0) is 12.6. The number of H-pyrrole nitrogens is 1. The van der Waals surface area contributed by atoms with Gasteiger partial charge in [-0.25, -0.2) is 19.3 Å². The number of aryl methyl sites for hydroxylation is 1. The molecular weight excluding hydrogens is 244 g/mol. The lowest BCUT2D eigenvalue weighted by Crippen LogP contribution is -2.14. The standard InChI is InChI=1S/C9H10N4O3S/c1-4(8(14)15)17-7-3-6-11-12-9(16)13(6)5(2)10-7/h3-4H,1-2H3,(H,12,16)(H,14,15). The number of fused-ring (bicyclic) bond motifs is 1. The summed E-state index contributed by atoms with van der Waals surface area (Å²) >= 11 is 1.11. The lowest BCUT2D eigenvalue weighted by Gasteiger charge is -2.06. The maximum atomic E-state index is 11.3. The summed E-state index contributed by atoms with van der Waals surface area (Å²) in [6, 6.07) is 1.58. The van der Waals surface area contributed by atoms with Gasteiger partial charge in [-0.3, -0.25) is 4.79 Å². The molecule has 90 valence electrons. The average Bonchev–Trinajstić information content (AvgIpc) is 2.60. The smallest absolute Gasteiger partial charge is 0.349 e. The Labute approximate surface area is 99.9 Å². The summed E-state index contributed by atoms with van der Waals surface area (Å²) in [5.74, 6) is -0.435. The Hall–Kier alpha value is -1.83. The van der Waals surface area contributed by atoms with Crippen molar-refractivity contribution in [3.8, 4) is 0 Å². The SMILES string of the molecule is Cc1nc(SC(C)C(=O)O)cc2n[nH]c(=O)n12. The Balaban J connectivity index is 2.44. The molecular formula is C9H10N4O3S. The molecule has 0 aliphatic rings. The minimum atomic E-state index is -0.909. The number of thioether (sulfide) groups is 1. The van der Waals surface area contributed by atoms with Crippen molar-refractivity contribution in [1.82, 2.24) is 19.6 Å². The molecule has 2 heterocycles. The normalized spacial score (nSPS) is 12.8. The second-order valence-electron chi connectivity index (χ2n) is 3.46. The van der Waals surface area contributed by atoms with Crippen LogP contribution in [0, 0.1) is 6.92 Å². The molecule has 0 spiro atoms. The van der Waals surface area contributed by atoms with E-state index in [1.54, 1.807) is 19.9 Å². The van der Waals surface area contributed by atoms with Gasteiger partial charge in [0.15, 0.2) is 5.65 Å². The van der Waals surface area contributed by atoms with Crippen LogP contribution < -0.4 is 5.69 Å². The summed E-state index contributed by atoms with van der Waals surface area (Å²) in [6.07, 6.45) is 0. The monoisotopic (exact) mass is 254 g/mol. The molecule has 0 bridgehead atoms. The van der Waals surface area contributed by atoms with Crippen molar-refractivity contribution in [2.24, 2.45) is 0 Å². The van der Waals surface area contributed by atoms with Gasteiger partial charge in [-0.2, -0.15) is 5.10 Å². The molecule has 2 aromatic rings. The number of carboxylic acid groups (broad SMARTS) is 1. The minimum Gasteiger partial charge on any atom is -0.480 e. The van der Waals surface area contributed by atoms with Gasteiger partial charge in [0, 0.05) is 6.07 Å². The number of aromatic amines is 1. The summed E-state index contributed by atoms with van der Waals surface area (Å²) in [4.78, 5) is 26.2. The maximum Gasteiger partial charge on any atom is 0.349 e. The number of hydrogen-bond acceptors (Lipinski definition) is 5. The van der Waals surface area contributed by atoms with E-state index < -0.39 is 11.2 Å². The van der Waals surface area contributed by atoms with E-state index in [4.69, 9.17) is 5.11 Å². The van der Waals surface area contributed by atoms with E-state index in [0.717, 1.165) is 11.8 Å². The van der Waals surface area contributed by atoms with Gasteiger partial charge in [-0.15, -0.1) is 0 Å². The number of aromatic nitrogens is 4. The topological polar surface area (TPSA) is 100 Å². The van der Waals surface area contributed by atoms with Crippen molar-refractivity contribution >= 4 is 23.4 Å². The molecule has 2 rings (SSSR count). The van der Waals surface area contributed by atoms with Crippen LogP contribution in [0.2, 0.25) is 0 Å². The van der Waals surface area contributed by atoms with E-state index >= 15 is 0 Å². The number of hydrogen-bond donors (Lipinski definition) is 2. The highest BCUT2D eigenvalue weighted by Crippen LogP contribution is 2.22. The molecule has 0 aliphatic carbocycles. The van der Waals surface area contributed by atoms with Crippen LogP contribution in [0.1, 0.15) is 12.7 Å². The molecule has 7 nitrogen and oxygen atoms in total. The van der Waals surface area contributed by atoms with E-state index in [9.17, 15) is 9.59 Å². The third kappa shape index (κ3) is 2.16. The Morgan fingerprint density at radius 2 is 2.35 bits per heavy atom. The van der Waals surface area contributed by atoms with Crippen LogP contribution in [0.25, 0.3) is 5.65 Å². The van der Waals surface area contributed by atoms with Gasteiger partial charge in [-0.1, -0.05) is 11.8 Å². The zero-order valence-corrected chi connectivity index (χ0v) is 9.98. The molecule has 0 saturated carbocycles. The number of carboxylic acids is 1. The van der Waals surface area contributed by atoms with Crippen LogP contribution in [0.15, 0.2) is 15.9 Å². The lowest BCUT2D eigenvalue weighted by molar-refractivity contribution is -0.136. The first-order valence-electron chi connectivity index (χ1n) is 4.83. The summed E-state index contributed by atoms with van der Waals surface area (Å²) in [7, 11) is 0. The van der Waals surface area contributed by atoms with Crippen LogP contribution in [0.4, 0.5) is 0 Å². The molecule has 0 saturated heterocycles. The van der Waals surface area contributed by atoms with Gasteiger partial charge in [0.05, 0.1) is 0 Å².